The fraction of sp³-hybridized carbons (Fsp3) is 0.471. The van der Waals surface area contributed by atoms with E-state index in [4.69, 9.17) is 12.2 Å². The topological polar surface area (TPSA) is 61.4 Å². The summed E-state index contributed by atoms with van der Waals surface area (Å²) in [4.78, 5) is 26.1. The summed E-state index contributed by atoms with van der Waals surface area (Å²) in [5, 5.41) is 5.86. The number of anilines is 1. The molecule has 2 N–H and O–H groups in total. The number of thiocarbonyl (C=S) groups is 1. The first-order valence-corrected chi connectivity index (χ1v) is 8.51. The summed E-state index contributed by atoms with van der Waals surface area (Å²) in [6.45, 7) is 3.63. The Kier molecular flexibility index (Phi) is 6.52. The van der Waals surface area contributed by atoms with E-state index < -0.39 is 0 Å². The van der Waals surface area contributed by atoms with Gasteiger partial charge in [0.05, 0.1) is 11.3 Å². The molecule has 1 aromatic carbocycles. The highest BCUT2D eigenvalue weighted by molar-refractivity contribution is 7.80. The molecule has 1 fully saturated rings. The predicted molar refractivity (Wildman–Crippen MR) is 95.5 cm³/mol. The third-order valence-corrected chi connectivity index (χ3v) is 4.01. The van der Waals surface area contributed by atoms with Gasteiger partial charge in [-0.2, -0.15) is 0 Å². The summed E-state index contributed by atoms with van der Waals surface area (Å²) in [6.07, 6.45) is 4.34. The quantitative estimate of drug-likeness (QED) is 0.814. The Hall–Kier alpha value is -1.95. The largest absolute Gasteiger partial charge is 0.339 e. The third-order valence-electron chi connectivity index (χ3n) is 3.81. The van der Waals surface area contributed by atoms with Crippen molar-refractivity contribution in [3.63, 3.8) is 0 Å². The smallest absolute Gasteiger partial charge is 0.255 e. The van der Waals surface area contributed by atoms with Crippen molar-refractivity contribution in [3.8, 4) is 0 Å². The summed E-state index contributed by atoms with van der Waals surface area (Å²) < 4.78 is 0. The SMILES string of the molecule is CCCCC(=O)NC(=S)Nc1ccccc1C(=O)N1CCCC1. The molecule has 124 valence electrons. The van der Waals surface area contributed by atoms with E-state index in [1.54, 1.807) is 12.1 Å². The summed E-state index contributed by atoms with van der Waals surface area (Å²) in [5.41, 5.74) is 1.21. The van der Waals surface area contributed by atoms with Gasteiger partial charge in [-0.3, -0.25) is 9.59 Å². The first-order valence-electron chi connectivity index (χ1n) is 8.11. The van der Waals surface area contributed by atoms with Crippen molar-refractivity contribution in [1.82, 2.24) is 10.2 Å². The number of rotatable bonds is 5. The number of nitrogens with one attached hydrogen (secondary N) is 2. The van der Waals surface area contributed by atoms with Gasteiger partial charge in [-0.1, -0.05) is 25.5 Å². The average Bonchev–Trinajstić information content (AvgIpc) is 3.07. The van der Waals surface area contributed by atoms with E-state index in [9.17, 15) is 9.59 Å². The van der Waals surface area contributed by atoms with Crippen molar-refractivity contribution < 1.29 is 9.59 Å². The molecule has 0 unspecified atom stereocenters. The lowest BCUT2D eigenvalue weighted by molar-refractivity contribution is -0.119. The molecule has 0 saturated carbocycles. The van der Waals surface area contributed by atoms with Crippen LogP contribution in [-0.4, -0.2) is 34.9 Å². The van der Waals surface area contributed by atoms with E-state index in [0.717, 1.165) is 38.8 Å². The highest BCUT2D eigenvalue weighted by Crippen LogP contribution is 2.20. The second-order valence-electron chi connectivity index (χ2n) is 5.65. The standard InChI is InChI=1S/C17H23N3O2S/c1-2-3-10-15(21)19-17(23)18-14-9-5-4-8-13(14)16(22)20-11-6-7-12-20/h4-5,8-9H,2-3,6-7,10-12H2,1H3,(H2,18,19,21,23). The summed E-state index contributed by atoms with van der Waals surface area (Å²) in [7, 11) is 0. The van der Waals surface area contributed by atoms with Crippen LogP contribution < -0.4 is 10.6 Å². The second kappa shape index (κ2) is 8.62. The van der Waals surface area contributed by atoms with Crippen LogP contribution in [0.5, 0.6) is 0 Å². The van der Waals surface area contributed by atoms with Crippen LogP contribution >= 0.6 is 12.2 Å². The highest BCUT2D eigenvalue weighted by Gasteiger charge is 2.21. The molecule has 2 amide bonds. The molecule has 0 bridgehead atoms. The van der Waals surface area contributed by atoms with Gasteiger partial charge >= 0.3 is 0 Å². The summed E-state index contributed by atoms with van der Waals surface area (Å²) in [6, 6.07) is 7.25. The van der Waals surface area contributed by atoms with Crippen LogP contribution in [0.2, 0.25) is 0 Å². The number of likely N-dealkylation sites (tertiary alicyclic amines) is 1. The van der Waals surface area contributed by atoms with E-state index in [1.165, 1.54) is 0 Å². The van der Waals surface area contributed by atoms with E-state index >= 15 is 0 Å². The van der Waals surface area contributed by atoms with Gasteiger partial charge in [0.1, 0.15) is 0 Å². The lowest BCUT2D eigenvalue weighted by Crippen LogP contribution is -2.35. The number of nitrogens with zero attached hydrogens (tertiary/aromatic N) is 1. The number of hydrogen-bond donors (Lipinski definition) is 2. The van der Waals surface area contributed by atoms with Crippen LogP contribution in [0, 0.1) is 0 Å². The molecule has 2 rings (SSSR count). The molecule has 0 radical (unpaired) electrons. The van der Waals surface area contributed by atoms with Gasteiger partial charge < -0.3 is 15.5 Å². The number of carbonyl (C=O) groups excluding carboxylic acids is 2. The van der Waals surface area contributed by atoms with Gasteiger partial charge in [0, 0.05) is 19.5 Å². The van der Waals surface area contributed by atoms with Gasteiger partial charge in [-0.25, -0.2) is 0 Å². The number of hydrogen-bond acceptors (Lipinski definition) is 3. The molecule has 0 atom stereocenters. The van der Waals surface area contributed by atoms with Gasteiger partial charge in [-0.15, -0.1) is 0 Å². The van der Waals surface area contributed by atoms with Gasteiger partial charge in [-0.05, 0) is 43.6 Å². The molecular formula is C17H23N3O2S. The lowest BCUT2D eigenvalue weighted by atomic mass is 10.1. The van der Waals surface area contributed by atoms with Crippen LogP contribution in [0.3, 0.4) is 0 Å². The lowest BCUT2D eigenvalue weighted by Gasteiger charge is -2.18. The molecule has 1 heterocycles. The zero-order valence-corrected chi connectivity index (χ0v) is 14.2. The first-order chi connectivity index (χ1) is 11.1. The molecule has 0 spiro atoms. The molecular weight excluding hydrogens is 310 g/mol. The van der Waals surface area contributed by atoms with Crippen molar-refractivity contribution >= 4 is 34.8 Å². The highest BCUT2D eigenvalue weighted by atomic mass is 32.1. The normalized spacial score (nSPS) is 13.7. The predicted octanol–water partition coefficient (Wildman–Crippen LogP) is 2.93. The number of benzene rings is 1. The average molecular weight is 333 g/mol. The molecule has 5 nitrogen and oxygen atoms in total. The van der Waals surface area contributed by atoms with Gasteiger partial charge in [0.2, 0.25) is 5.91 Å². The van der Waals surface area contributed by atoms with Crippen LogP contribution in [0.15, 0.2) is 24.3 Å². The monoisotopic (exact) mass is 333 g/mol. The van der Waals surface area contributed by atoms with E-state index in [1.807, 2.05) is 24.0 Å². The summed E-state index contributed by atoms with van der Waals surface area (Å²) in [5.74, 6) is -0.0987. The van der Waals surface area contributed by atoms with Crippen molar-refractivity contribution in [2.75, 3.05) is 18.4 Å². The number of unbranched alkanes of at least 4 members (excludes halogenated alkanes) is 1. The van der Waals surface area contributed by atoms with Crippen molar-refractivity contribution in [1.29, 1.82) is 0 Å². The molecule has 1 aromatic rings. The molecule has 1 saturated heterocycles. The maximum atomic E-state index is 12.6. The van der Waals surface area contributed by atoms with E-state index in [0.29, 0.717) is 17.7 Å². The van der Waals surface area contributed by atoms with Gasteiger partial charge in [0.15, 0.2) is 5.11 Å². The van der Waals surface area contributed by atoms with Crippen molar-refractivity contribution in [3.05, 3.63) is 29.8 Å². The summed E-state index contributed by atoms with van der Waals surface area (Å²) >= 11 is 5.18. The van der Waals surface area contributed by atoms with Crippen LogP contribution in [0.1, 0.15) is 49.4 Å². The minimum absolute atomic E-state index is 0.00529. The van der Waals surface area contributed by atoms with Crippen molar-refractivity contribution in [2.24, 2.45) is 0 Å². The molecule has 0 aliphatic carbocycles. The Labute approximate surface area is 142 Å². The zero-order valence-electron chi connectivity index (χ0n) is 13.4. The molecule has 6 heteroatoms. The Morgan fingerprint density at radius 3 is 2.61 bits per heavy atom. The molecule has 1 aliphatic rings. The molecule has 23 heavy (non-hydrogen) atoms. The maximum Gasteiger partial charge on any atom is 0.255 e. The van der Waals surface area contributed by atoms with Gasteiger partial charge in [0.25, 0.3) is 5.91 Å². The first kappa shape index (κ1) is 17.4. The minimum atomic E-state index is -0.104. The third kappa shape index (κ3) is 5.03. The number of carbonyl (C=O) groups is 2. The Morgan fingerprint density at radius 2 is 1.91 bits per heavy atom. The fourth-order valence-electron chi connectivity index (χ4n) is 2.55. The fourth-order valence-corrected chi connectivity index (χ4v) is 2.77. The van der Waals surface area contributed by atoms with E-state index in [2.05, 4.69) is 10.6 Å². The number of para-hydroxylation sites is 1. The Balaban J connectivity index is 2.01. The minimum Gasteiger partial charge on any atom is -0.339 e. The van der Waals surface area contributed by atoms with Crippen LogP contribution in [-0.2, 0) is 4.79 Å². The zero-order chi connectivity index (χ0) is 16.7. The van der Waals surface area contributed by atoms with Crippen LogP contribution in [0.4, 0.5) is 5.69 Å². The van der Waals surface area contributed by atoms with Crippen LogP contribution in [0.25, 0.3) is 0 Å². The van der Waals surface area contributed by atoms with E-state index in [-0.39, 0.29) is 16.9 Å². The Morgan fingerprint density at radius 1 is 1.22 bits per heavy atom. The van der Waals surface area contributed by atoms with Crippen molar-refractivity contribution in [2.45, 2.75) is 39.0 Å². The maximum absolute atomic E-state index is 12.6. The second-order valence-corrected chi connectivity index (χ2v) is 6.06. The molecule has 0 aromatic heterocycles. The Bertz CT molecular complexity index is 583. The number of amides is 2. The molecule has 1 aliphatic heterocycles.